The van der Waals surface area contributed by atoms with E-state index in [-0.39, 0.29) is 0 Å². The average molecular weight is 228 g/mol. The Morgan fingerprint density at radius 1 is 1.44 bits per heavy atom. The number of hydrogen-bond acceptors (Lipinski definition) is 4. The molecule has 2 aliphatic heterocycles. The van der Waals surface area contributed by atoms with E-state index in [0.29, 0.717) is 18.1 Å². The van der Waals surface area contributed by atoms with E-state index in [1.807, 2.05) is 0 Å². The summed E-state index contributed by atoms with van der Waals surface area (Å²) in [6.07, 6.45) is 2.78. The Morgan fingerprint density at radius 2 is 2.31 bits per heavy atom. The molecule has 0 radical (unpaired) electrons. The van der Waals surface area contributed by atoms with Crippen molar-refractivity contribution >= 4 is 0 Å². The Labute approximate surface area is 98.1 Å². The van der Waals surface area contributed by atoms with Crippen LogP contribution in [0.3, 0.4) is 0 Å². The molecular formula is C12H24N2O2. The number of nitrogens with zero attached hydrogens (tertiary/aromatic N) is 1. The minimum Gasteiger partial charge on any atom is -0.381 e. The first-order valence-electron chi connectivity index (χ1n) is 6.44. The van der Waals surface area contributed by atoms with Crippen molar-refractivity contribution < 1.29 is 9.47 Å². The van der Waals surface area contributed by atoms with Gasteiger partial charge in [-0.05, 0) is 25.7 Å². The van der Waals surface area contributed by atoms with Gasteiger partial charge in [0.25, 0.3) is 0 Å². The zero-order valence-corrected chi connectivity index (χ0v) is 10.2. The Hall–Kier alpha value is -0.160. The van der Waals surface area contributed by atoms with Gasteiger partial charge in [-0.15, -0.1) is 0 Å². The second-order valence-corrected chi connectivity index (χ2v) is 4.96. The highest BCUT2D eigenvalue weighted by molar-refractivity contribution is 4.84. The number of nitrogens with two attached hydrogens (primary N) is 1. The summed E-state index contributed by atoms with van der Waals surface area (Å²) in [7, 11) is 0. The van der Waals surface area contributed by atoms with Crippen molar-refractivity contribution in [1.29, 1.82) is 0 Å². The summed E-state index contributed by atoms with van der Waals surface area (Å²) in [4.78, 5) is 2.49. The molecule has 0 saturated carbocycles. The molecule has 2 fully saturated rings. The van der Waals surface area contributed by atoms with Crippen molar-refractivity contribution in [2.45, 2.75) is 31.9 Å². The lowest BCUT2D eigenvalue weighted by Gasteiger charge is -2.41. The van der Waals surface area contributed by atoms with Crippen molar-refractivity contribution in [2.24, 2.45) is 11.7 Å². The molecule has 0 aliphatic carbocycles. The third kappa shape index (κ3) is 2.94. The molecule has 0 aromatic rings. The molecule has 16 heavy (non-hydrogen) atoms. The normalized spacial score (nSPS) is 34.9. The highest BCUT2D eigenvalue weighted by atomic mass is 16.5. The van der Waals surface area contributed by atoms with Crippen LogP contribution >= 0.6 is 0 Å². The highest BCUT2D eigenvalue weighted by Gasteiger charge is 2.30. The van der Waals surface area contributed by atoms with E-state index in [1.165, 1.54) is 12.8 Å². The molecule has 2 saturated heterocycles. The van der Waals surface area contributed by atoms with Crippen LogP contribution in [-0.2, 0) is 9.47 Å². The van der Waals surface area contributed by atoms with E-state index in [4.69, 9.17) is 15.2 Å². The minimum absolute atomic E-state index is 0.340. The molecule has 94 valence electrons. The van der Waals surface area contributed by atoms with Gasteiger partial charge in [0.15, 0.2) is 0 Å². The zero-order valence-electron chi connectivity index (χ0n) is 10.2. The molecule has 0 aromatic carbocycles. The fraction of sp³-hybridized carbons (Fsp3) is 1.00. The predicted molar refractivity (Wildman–Crippen MR) is 63.4 cm³/mol. The lowest BCUT2D eigenvalue weighted by atomic mass is 9.92. The molecule has 0 aromatic heterocycles. The maximum absolute atomic E-state index is 5.94. The van der Waals surface area contributed by atoms with E-state index in [9.17, 15) is 0 Å². The third-order valence-corrected chi connectivity index (χ3v) is 3.72. The third-order valence-electron chi connectivity index (χ3n) is 3.72. The van der Waals surface area contributed by atoms with Crippen molar-refractivity contribution in [2.75, 3.05) is 39.5 Å². The summed E-state index contributed by atoms with van der Waals surface area (Å²) in [6.45, 7) is 7.55. The van der Waals surface area contributed by atoms with Crippen LogP contribution in [-0.4, -0.2) is 56.5 Å². The molecule has 4 nitrogen and oxygen atoms in total. The maximum atomic E-state index is 5.94. The first-order chi connectivity index (χ1) is 7.81. The average Bonchev–Trinajstić information content (AvgIpc) is 2.31. The molecule has 0 amide bonds. The van der Waals surface area contributed by atoms with Gasteiger partial charge in [-0.2, -0.15) is 0 Å². The predicted octanol–water partition coefficient (Wildman–Crippen LogP) is 0.461. The van der Waals surface area contributed by atoms with E-state index in [2.05, 4.69) is 11.8 Å². The number of morpholine rings is 1. The van der Waals surface area contributed by atoms with Gasteiger partial charge in [0, 0.05) is 32.3 Å². The van der Waals surface area contributed by atoms with Crippen molar-refractivity contribution in [3.8, 4) is 0 Å². The van der Waals surface area contributed by atoms with Crippen molar-refractivity contribution in [3.05, 3.63) is 0 Å². The van der Waals surface area contributed by atoms with Gasteiger partial charge in [-0.25, -0.2) is 0 Å². The van der Waals surface area contributed by atoms with Gasteiger partial charge in [-0.3, -0.25) is 4.90 Å². The maximum Gasteiger partial charge on any atom is 0.0674 e. The molecule has 0 bridgehead atoms. The summed E-state index contributed by atoms with van der Waals surface area (Å²) in [6, 6.07) is 0.478. The molecule has 4 heteroatoms. The van der Waals surface area contributed by atoms with E-state index < -0.39 is 0 Å². The smallest absolute Gasteiger partial charge is 0.0674 e. The van der Waals surface area contributed by atoms with Crippen LogP contribution in [0.5, 0.6) is 0 Å². The Bertz CT molecular complexity index is 207. The highest BCUT2D eigenvalue weighted by Crippen LogP contribution is 2.22. The second kappa shape index (κ2) is 5.96. The molecule has 2 aliphatic rings. The van der Waals surface area contributed by atoms with Gasteiger partial charge < -0.3 is 15.2 Å². The molecular weight excluding hydrogens is 204 g/mol. The number of rotatable bonds is 3. The van der Waals surface area contributed by atoms with Gasteiger partial charge in [0.1, 0.15) is 0 Å². The summed E-state index contributed by atoms with van der Waals surface area (Å²) in [5.74, 6) is 0.615. The van der Waals surface area contributed by atoms with Crippen LogP contribution < -0.4 is 5.73 Å². The summed E-state index contributed by atoms with van der Waals surface area (Å²) in [5.41, 5.74) is 5.94. The lowest BCUT2D eigenvalue weighted by molar-refractivity contribution is -0.0585. The van der Waals surface area contributed by atoms with Crippen LogP contribution in [0.4, 0.5) is 0 Å². The summed E-state index contributed by atoms with van der Waals surface area (Å²) < 4.78 is 11.1. The fourth-order valence-corrected chi connectivity index (χ4v) is 2.86. The fourth-order valence-electron chi connectivity index (χ4n) is 2.86. The van der Waals surface area contributed by atoms with Gasteiger partial charge in [-0.1, -0.05) is 0 Å². The molecule has 2 rings (SSSR count). The Balaban J connectivity index is 1.91. The Morgan fingerprint density at radius 3 is 2.94 bits per heavy atom. The summed E-state index contributed by atoms with van der Waals surface area (Å²) in [5, 5.41) is 0. The number of ether oxygens (including phenoxy) is 2. The first kappa shape index (κ1) is 12.3. The Kier molecular flexibility index (Phi) is 4.58. The number of hydrogen-bond donors (Lipinski definition) is 1. The molecule has 2 N–H and O–H groups in total. The van der Waals surface area contributed by atoms with Crippen LogP contribution in [0, 0.1) is 5.92 Å². The van der Waals surface area contributed by atoms with Crippen molar-refractivity contribution in [3.63, 3.8) is 0 Å². The second-order valence-electron chi connectivity index (χ2n) is 4.96. The molecule has 2 heterocycles. The van der Waals surface area contributed by atoms with Gasteiger partial charge in [0.05, 0.1) is 19.3 Å². The lowest BCUT2D eigenvalue weighted by Crippen LogP contribution is -2.53. The van der Waals surface area contributed by atoms with Crippen LogP contribution in [0.2, 0.25) is 0 Å². The van der Waals surface area contributed by atoms with E-state index in [0.717, 1.165) is 39.5 Å². The van der Waals surface area contributed by atoms with Crippen LogP contribution in [0.15, 0.2) is 0 Å². The van der Waals surface area contributed by atoms with Crippen LogP contribution in [0.25, 0.3) is 0 Å². The van der Waals surface area contributed by atoms with Crippen LogP contribution in [0.1, 0.15) is 19.8 Å². The zero-order chi connectivity index (χ0) is 11.4. The van der Waals surface area contributed by atoms with Gasteiger partial charge in [0.2, 0.25) is 0 Å². The van der Waals surface area contributed by atoms with E-state index in [1.54, 1.807) is 0 Å². The topological polar surface area (TPSA) is 47.7 Å². The monoisotopic (exact) mass is 228 g/mol. The molecule has 3 atom stereocenters. The first-order valence-corrected chi connectivity index (χ1v) is 6.44. The van der Waals surface area contributed by atoms with Crippen molar-refractivity contribution in [1.82, 2.24) is 4.90 Å². The molecule has 3 unspecified atom stereocenters. The van der Waals surface area contributed by atoms with Gasteiger partial charge >= 0.3 is 0 Å². The quantitative estimate of drug-likeness (QED) is 0.762. The SMILES string of the molecule is CC1CN(C(CN)C2CCCOC2)CCO1. The minimum atomic E-state index is 0.340. The summed E-state index contributed by atoms with van der Waals surface area (Å²) >= 11 is 0. The largest absolute Gasteiger partial charge is 0.381 e. The standard InChI is InChI=1S/C12H24N2O2/c1-10-8-14(4-6-16-10)12(7-13)11-3-2-5-15-9-11/h10-12H,2-9,13H2,1H3. The molecule has 0 spiro atoms. The van der Waals surface area contributed by atoms with E-state index >= 15 is 0 Å².